The molecule has 1 aliphatic heterocycles. The highest BCUT2D eigenvalue weighted by Crippen LogP contribution is 2.31. The normalized spacial score (nSPS) is 12.3. The van der Waals surface area contributed by atoms with Crippen LogP contribution in [0.1, 0.15) is 0 Å². The minimum Gasteiger partial charge on any atom is -0.461 e. The number of aromatic nitrogens is 2. The van der Waals surface area contributed by atoms with Crippen molar-refractivity contribution in [1.29, 1.82) is 0 Å². The maximum absolute atomic E-state index is 13.5. The van der Waals surface area contributed by atoms with Crippen LogP contribution in [0, 0.1) is 5.82 Å². The first-order valence-corrected chi connectivity index (χ1v) is 5.77. The summed E-state index contributed by atoms with van der Waals surface area (Å²) in [5.41, 5.74) is 1.46. The molecule has 5 nitrogen and oxygen atoms in total. The van der Waals surface area contributed by atoms with E-state index in [0.29, 0.717) is 11.4 Å². The van der Waals surface area contributed by atoms with Crippen LogP contribution in [0.2, 0.25) is 5.28 Å². The predicted octanol–water partition coefficient (Wildman–Crippen LogP) is 3.29. The van der Waals surface area contributed by atoms with Crippen molar-refractivity contribution in [3.8, 4) is 5.75 Å². The molecule has 0 spiro atoms. The Morgan fingerprint density at radius 2 is 2.26 bits per heavy atom. The van der Waals surface area contributed by atoms with Crippen LogP contribution < -0.4 is 15.4 Å². The third-order valence-corrected chi connectivity index (χ3v) is 2.64. The van der Waals surface area contributed by atoms with Crippen LogP contribution in [0.4, 0.5) is 21.6 Å². The van der Waals surface area contributed by atoms with E-state index in [1.165, 1.54) is 6.26 Å². The highest BCUT2D eigenvalue weighted by atomic mass is 35.5. The summed E-state index contributed by atoms with van der Waals surface area (Å²) >= 11 is 5.63. The molecular formula is C12H8ClFN4O. The number of anilines is 3. The smallest absolute Gasteiger partial charge is 0.224 e. The Morgan fingerprint density at radius 3 is 3.16 bits per heavy atom. The Labute approximate surface area is 113 Å². The number of hydrogen-bond donors (Lipinski definition) is 2. The summed E-state index contributed by atoms with van der Waals surface area (Å²) in [6, 6.07) is 5.30. The van der Waals surface area contributed by atoms with E-state index in [9.17, 15) is 4.39 Å². The van der Waals surface area contributed by atoms with Gasteiger partial charge in [0.15, 0.2) is 17.4 Å². The topological polar surface area (TPSA) is 59.1 Å². The summed E-state index contributed by atoms with van der Waals surface area (Å²) in [6.07, 6.45) is 4.21. The Morgan fingerprint density at radius 1 is 1.37 bits per heavy atom. The highest BCUT2D eigenvalue weighted by molar-refractivity contribution is 6.28. The van der Waals surface area contributed by atoms with Crippen LogP contribution >= 0.6 is 11.6 Å². The van der Waals surface area contributed by atoms with E-state index in [2.05, 4.69) is 20.6 Å². The molecule has 96 valence electrons. The molecule has 0 unspecified atom stereocenters. The molecule has 0 bridgehead atoms. The van der Waals surface area contributed by atoms with Crippen LogP contribution in [0.15, 0.2) is 36.9 Å². The van der Waals surface area contributed by atoms with Crippen molar-refractivity contribution >= 4 is 28.8 Å². The maximum Gasteiger partial charge on any atom is 0.224 e. The number of fused-ring (bicyclic) bond motifs is 1. The Hall–Kier alpha value is -2.34. The monoisotopic (exact) mass is 278 g/mol. The van der Waals surface area contributed by atoms with E-state index in [4.69, 9.17) is 16.3 Å². The van der Waals surface area contributed by atoms with Gasteiger partial charge in [0.1, 0.15) is 6.26 Å². The molecular weight excluding hydrogens is 271 g/mol. The standard InChI is InChI=1S/C12H8ClFN4O/c13-12-16-6-8(14)11(18-12)17-7-1-2-9-10(5-7)19-4-3-15-9/h1-6,15H,(H,16,17,18). The van der Waals surface area contributed by atoms with E-state index in [0.717, 1.165) is 11.9 Å². The molecule has 0 aliphatic carbocycles. The van der Waals surface area contributed by atoms with Gasteiger partial charge in [0.25, 0.3) is 0 Å². The van der Waals surface area contributed by atoms with Crippen molar-refractivity contribution in [1.82, 2.24) is 9.97 Å². The van der Waals surface area contributed by atoms with E-state index in [1.54, 1.807) is 18.3 Å². The number of benzene rings is 1. The van der Waals surface area contributed by atoms with E-state index in [1.807, 2.05) is 6.07 Å². The van der Waals surface area contributed by atoms with Crippen molar-refractivity contribution < 1.29 is 9.13 Å². The SMILES string of the molecule is Fc1cnc(Cl)nc1Nc1ccc2c(c1)OC=CN2. The molecule has 0 saturated carbocycles. The fourth-order valence-corrected chi connectivity index (χ4v) is 1.75. The van der Waals surface area contributed by atoms with Crippen molar-refractivity contribution in [3.05, 3.63) is 48.0 Å². The number of halogens is 2. The second-order valence-electron chi connectivity index (χ2n) is 3.74. The van der Waals surface area contributed by atoms with Crippen LogP contribution in [-0.2, 0) is 0 Å². The van der Waals surface area contributed by atoms with Gasteiger partial charge in [-0.05, 0) is 23.7 Å². The van der Waals surface area contributed by atoms with Crippen molar-refractivity contribution in [2.75, 3.05) is 10.6 Å². The van der Waals surface area contributed by atoms with Crippen molar-refractivity contribution in [3.63, 3.8) is 0 Å². The quantitative estimate of drug-likeness (QED) is 0.826. The van der Waals surface area contributed by atoms with Crippen LogP contribution in [0.25, 0.3) is 0 Å². The lowest BCUT2D eigenvalue weighted by Gasteiger charge is -2.15. The van der Waals surface area contributed by atoms with Crippen LogP contribution in [0.5, 0.6) is 5.75 Å². The zero-order valence-corrected chi connectivity index (χ0v) is 10.3. The molecule has 3 rings (SSSR count). The van der Waals surface area contributed by atoms with Gasteiger partial charge < -0.3 is 15.4 Å². The van der Waals surface area contributed by atoms with Gasteiger partial charge >= 0.3 is 0 Å². The number of hydrogen-bond acceptors (Lipinski definition) is 5. The van der Waals surface area contributed by atoms with E-state index >= 15 is 0 Å². The Balaban J connectivity index is 1.90. The van der Waals surface area contributed by atoms with Gasteiger partial charge in [-0.25, -0.2) is 9.37 Å². The van der Waals surface area contributed by atoms with Gasteiger partial charge in [-0.2, -0.15) is 4.98 Å². The molecule has 7 heteroatoms. The fourth-order valence-electron chi connectivity index (χ4n) is 1.62. The highest BCUT2D eigenvalue weighted by Gasteiger charge is 2.10. The average molecular weight is 279 g/mol. The van der Waals surface area contributed by atoms with E-state index in [-0.39, 0.29) is 11.1 Å². The minimum atomic E-state index is -0.582. The fraction of sp³-hybridized carbons (Fsp3) is 0. The maximum atomic E-state index is 13.5. The zero-order valence-electron chi connectivity index (χ0n) is 9.52. The number of rotatable bonds is 2. The van der Waals surface area contributed by atoms with Crippen LogP contribution in [0.3, 0.4) is 0 Å². The molecule has 0 amide bonds. The Bertz CT molecular complexity index is 662. The lowest BCUT2D eigenvalue weighted by Crippen LogP contribution is -2.02. The molecule has 2 N–H and O–H groups in total. The third kappa shape index (κ3) is 2.43. The molecule has 2 aromatic rings. The lowest BCUT2D eigenvalue weighted by atomic mass is 10.2. The largest absolute Gasteiger partial charge is 0.461 e. The van der Waals surface area contributed by atoms with E-state index < -0.39 is 5.82 Å². The van der Waals surface area contributed by atoms with Gasteiger partial charge in [0, 0.05) is 18.0 Å². The second-order valence-corrected chi connectivity index (χ2v) is 4.07. The molecule has 2 heterocycles. The number of ether oxygens (including phenoxy) is 1. The first-order chi connectivity index (χ1) is 9.22. The molecule has 0 saturated heterocycles. The molecule has 1 aliphatic rings. The van der Waals surface area contributed by atoms with Gasteiger partial charge in [0.2, 0.25) is 5.28 Å². The van der Waals surface area contributed by atoms with Gasteiger partial charge in [-0.3, -0.25) is 0 Å². The molecule has 0 radical (unpaired) electrons. The molecule has 1 aromatic heterocycles. The van der Waals surface area contributed by atoms with Gasteiger partial charge in [-0.15, -0.1) is 0 Å². The minimum absolute atomic E-state index is 0.0132. The summed E-state index contributed by atoms with van der Waals surface area (Å²) < 4.78 is 18.8. The summed E-state index contributed by atoms with van der Waals surface area (Å²) in [4.78, 5) is 7.32. The zero-order chi connectivity index (χ0) is 13.2. The second kappa shape index (κ2) is 4.74. The van der Waals surface area contributed by atoms with Crippen molar-refractivity contribution in [2.24, 2.45) is 0 Å². The summed E-state index contributed by atoms with van der Waals surface area (Å²) in [5, 5.41) is 5.82. The number of nitrogens with one attached hydrogen (secondary N) is 2. The average Bonchev–Trinajstić information content (AvgIpc) is 2.43. The summed E-state index contributed by atoms with van der Waals surface area (Å²) in [7, 11) is 0. The predicted molar refractivity (Wildman–Crippen MR) is 70.1 cm³/mol. The van der Waals surface area contributed by atoms with Crippen molar-refractivity contribution in [2.45, 2.75) is 0 Å². The Kier molecular flexibility index (Phi) is 2.92. The lowest BCUT2D eigenvalue weighted by molar-refractivity contribution is 0.477. The first-order valence-electron chi connectivity index (χ1n) is 5.40. The summed E-state index contributed by atoms with van der Waals surface area (Å²) in [6.45, 7) is 0. The molecule has 0 fully saturated rings. The third-order valence-electron chi connectivity index (χ3n) is 2.46. The first kappa shape index (κ1) is 11.7. The molecule has 19 heavy (non-hydrogen) atoms. The molecule has 0 atom stereocenters. The number of nitrogens with zero attached hydrogens (tertiary/aromatic N) is 2. The van der Waals surface area contributed by atoms with Gasteiger partial charge in [0.05, 0.1) is 11.9 Å². The van der Waals surface area contributed by atoms with Crippen LogP contribution in [-0.4, -0.2) is 9.97 Å². The summed E-state index contributed by atoms with van der Waals surface area (Å²) in [5.74, 6) is 0.0633. The van der Waals surface area contributed by atoms with Gasteiger partial charge in [-0.1, -0.05) is 0 Å². The molecule has 1 aromatic carbocycles.